The van der Waals surface area contributed by atoms with Gasteiger partial charge in [0, 0.05) is 11.6 Å². The van der Waals surface area contributed by atoms with Gasteiger partial charge in [-0.3, -0.25) is 0 Å². The fraction of sp³-hybridized carbons (Fsp3) is 0.0667. The quantitative estimate of drug-likeness (QED) is 0.703. The molecule has 0 atom stereocenters. The number of hydrogen-bond acceptors (Lipinski definition) is 0. The molecule has 0 saturated carbocycles. The Balaban J connectivity index is 2.39. The topological polar surface area (TPSA) is 0 Å². The van der Waals surface area contributed by atoms with Crippen molar-refractivity contribution in [2.75, 3.05) is 0 Å². The van der Waals surface area contributed by atoms with Crippen LogP contribution in [-0.2, 0) is 0 Å². The van der Waals surface area contributed by atoms with Crippen LogP contribution in [-0.4, -0.2) is 0 Å². The maximum absolute atomic E-state index is 13.5. The molecule has 0 nitrogen and oxygen atoms in total. The van der Waals surface area contributed by atoms with E-state index in [0.29, 0.717) is 5.56 Å². The first-order valence-corrected chi connectivity index (χ1v) is 5.39. The van der Waals surface area contributed by atoms with Crippen LogP contribution in [0, 0.1) is 11.6 Å². The van der Waals surface area contributed by atoms with E-state index in [1.165, 1.54) is 12.1 Å². The van der Waals surface area contributed by atoms with Crippen LogP contribution in [0.2, 0.25) is 0 Å². The van der Waals surface area contributed by atoms with Gasteiger partial charge in [0.05, 0.1) is 0 Å². The monoisotopic (exact) mass is 230 g/mol. The van der Waals surface area contributed by atoms with E-state index in [9.17, 15) is 8.78 Å². The van der Waals surface area contributed by atoms with Crippen molar-refractivity contribution in [2.24, 2.45) is 0 Å². The SMILES string of the molecule is CC=Cc1ccc(-c2ccc(F)cc2F)cc1. The summed E-state index contributed by atoms with van der Waals surface area (Å²) in [6.45, 7) is 1.94. The minimum Gasteiger partial charge on any atom is -0.207 e. The van der Waals surface area contributed by atoms with Crippen LogP contribution in [0.4, 0.5) is 8.78 Å². The van der Waals surface area contributed by atoms with Crippen LogP contribution in [0.3, 0.4) is 0 Å². The molecule has 0 heterocycles. The Bertz CT molecular complexity index is 539. The molecule has 17 heavy (non-hydrogen) atoms. The fourth-order valence-electron chi connectivity index (χ4n) is 1.69. The first-order valence-electron chi connectivity index (χ1n) is 5.39. The van der Waals surface area contributed by atoms with E-state index < -0.39 is 11.6 Å². The van der Waals surface area contributed by atoms with Crippen LogP contribution in [0.1, 0.15) is 12.5 Å². The number of rotatable bonds is 2. The van der Waals surface area contributed by atoms with Crippen molar-refractivity contribution in [1.29, 1.82) is 0 Å². The molecule has 0 saturated heterocycles. The molecule has 0 N–H and O–H groups in total. The molecule has 0 aliphatic rings. The maximum Gasteiger partial charge on any atom is 0.133 e. The second-order valence-electron chi connectivity index (χ2n) is 3.75. The van der Waals surface area contributed by atoms with Crippen molar-refractivity contribution < 1.29 is 8.78 Å². The lowest BCUT2D eigenvalue weighted by molar-refractivity contribution is 0.585. The molecule has 0 radical (unpaired) electrons. The summed E-state index contributed by atoms with van der Waals surface area (Å²) in [5.41, 5.74) is 2.22. The molecular formula is C15H12F2. The van der Waals surface area contributed by atoms with Crippen molar-refractivity contribution in [3.63, 3.8) is 0 Å². The second kappa shape index (κ2) is 4.91. The summed E-state index contributed by atoms with van der Waals surface area (Å²) in [5.74, 6) is -1.10. The Morgan fingerprint density at radius 1 is 0.941 bits per heavy atom. The Labute approximate surface area is 99.2 Å². The number of allylic oxidation sites excluding steroid dienone is 1. The minimum absolute atomic E-state index is 0.415. The van der Waals surface area contributed by atoms with Gasteiger partial charge in [0.25, 0.3) is 0 Å². The predicted molar refractivity (Wildman–Crippen MR) is 66.5 cm³/mol. The van der Waals surface area contributed by atoms with E-state index >= 15 is 0 Å². The summed E-state index contributed by atoms with van der Waals surface area (Å²) in [7, 11) is 0. The van der Waals surface area contributed by atoms with Gasteiger partial charge in [-0.15, -0.1) is 0 Å². The number of benzene rings is 2. The predicted octanol–water partition coefficient (Wildman–Crippen LogP) is 4.66. The zero-order chi connectivity index (χ0) is 12.3. The second-order valence-corrected chi connectivity index (χ2v) is 3.75. The standard InChI is InChI=1S/C15H12F2/c1-2-3-11-4-6-12(7-5-11)14-9-8-13(16)10-15(14)17/h2-10H,1H3. The normalized spacial score (nSPS) is 11.0. The Kier molecular flexibility index (Phi) is 3.33. The first-order chi connectivity index (χ1) is 8.20. The largest absolute Gasteiger partial charge is 0.207 e. The third-order valence-electron chi connectivity index (χ3n) is 2.51. The molecule has 0 amide bonds. The highest BCUT2D eigenvalue weighted by atomic mass is 19.1. The summed E-state index contributed by atoms with van der Waals surface area (Å²) in [5, 5.41) is 0. The zero-order valence-corrected chi connectivity index (χ0v) is 9.45. The highest BCUT2D eigenvalue weighted by Crippen LogP contribution is 2.23. The van der Waals surface area contributed by atoms with Crippen molar-refractivity contribution in [3.8, 4) is 11.1 Å². The highest BCUT2D eigenvalue weighted by Gasteiger charge is 2.05. The highest BCUT2D eigenvalue weighted by molar-refractivity contribution is 5.66. The van der Waals surface area contributed by atoms with E-state index in [4.69, 9.17) is 0 Å². The van der Waals surface area contributed by atoms with E-state index in [1.807, 2.05) is 43.3 Å². The van der Waals surface area contributed by atoms with Crippen LogP contribution in [0.5, 0.6) is 0 Å². The van der Waals surface area contributed by atoms with E-state index in [2.05, 4.69) is 0 Å². The third kappa shape index (κ3) is 2.59. The number of halogens is 2. The smallest absolute Gasteiger partial charge is 0.133 e. The van der Waals surface area contributed by atoms with Gasteiger partial charge >= 0.3 is 0 Å². The van der Waals surface area contributed by atoms with Crippen LogP contribution in [0.25, 0.3) is 17.2 Å². The molecule has 2 heteroatoms. The molecule has 2 aromatic rings. The molecule has 0 aliphatic carbocycles. The number of hydrogen-bond donors (Lipinski definition) is 0. The van der Waals surface area contributed by atoms with Gasteiger partial charge < -0.3 is 0 Å². The minimum atomic E-state index is -0.559. The third-order valence-corrected chi connectivity index (χ3v) is 2.51. The molecule has 0 aliphatic heterocycles. The van der Waals surface area contributed by atoms with Gasteiger partial charge in [-0.2, -0.15) is 0 Å². The summed E-state index contributed by atoms with van der Waals surface area (Å²) in [4.78, 5) is 0. The van der Waals surface area contributed by atoms with Gasteiger partial charge in [-0.1, -0.05) is 36.4 Å². The lowest BCUT2D eigenvalue weighted by Gasteiger charge is -2.04. The molecule has 0 spiro atoms. The lowest BCUT2D eigenvalue weighted by Crippen LogP contribution is -1.86. The first kappa shape index (κ1) is 11.5. The van der Waals surface area contributed by atoms with E-state index in [-0.39, 0.29) is 0 Å². The Morgan fingerprint density at radius 2 is 1.65 bits per heavy atom. The summed E-state index contributed by atoms with van der Waals surface area (Å²) >= 11 is 0. The fourth-order valence-corrected chi connectivity index (χ4v) is 1.69. The maximum atomic E-state index is 13.5. The summed E-state index contributed by atoms with van der Waals surface area (Å²) in [6, 6.07) is 11.1. The van der Waals surface area contributed by atoms with Crippen LogP contribution >= 0.6 is 0 Å². The molecule has 0 aromatic heterocycles. The van der Waals surface area contributed by atoms with Crippen LogP contribution in [0.15, 0.2) is 48.5 Å². The van der Waals surface area contributed by atoms with Gasteiger partial charge in [0.15, 0.2) is 0 Å². The van der Waals surface area contributed by atoms with E-state index in [1.54, 1.807) is 0 Å². The zero-order valence-electron chi connectivity index (χ0n) is 9.45. The van der Waals surface area contributed by atoms with Crippen molar-refractivity contribution in [2.45, 2.75) is 6.92 Å². The van der Waals surface area contributed by atoms with Crippen molar-refractivity contribution in [3.05, 3.63) is 65.7 Å². The molecule has 0 fully saturated rings. The lowest BCUT2D eigenvalue weighted by atomic mass is 10.0. The molecule has 0 bridgehead atoms. The van der Waals surface area contributed by atoms with Crippen molar-refractivity contribution >= 4 is 6.08 Å². The van der Waals surface area contributed by atoms with E-state index in [0.717, 1.165) is 17.2 Å². The van der Waals surface area contributed by atoms with Gasteiger partial charge in [0.2, 0.25) is 0 Å². The average molecular weight is 230 g/mol. The Hall–Kier alpha value is -1.96. The summed E-state index contributed by atoms with van der Waals surface area (Å²) < 4.78 is 26.3. The average Bonchev–Trinajstić information content (AvgIpc) is 2.31. The van der Waals surface area contributed by atoms with Gasteiger partial charge in [-0.25, -0.2) is 8.78 Å². The molecule has 2 aromatic carbocycles. The van der Waals surface area contributed by atoms with Gasteiger partial charge in [0.1, 0.15) is 11.6 Å². The van der Waals surface area contributed by atoms with Crippen molar-refractivity contribution in [1.82, 2.24) is 0 Å². The van der Waals surface area contributed by atoms with Crippen LogP contribution < -0.4 is 0 Å². The Morgan fingerprint density at radius 3 is 2.24 bits per heavy atom. The molecular weight excluding hydrogens is 218 g/mol. The van der Waals surface area contributed by atoms with Gasteiger partial charge in [-0.05, 0) is 30.2 Å². The summed E-state index contributed by atoms with van der Waals surface area (Å²) in [6.07, 6.45) is 3.90. The molecule has 0 unspecified atom stereocenters. The molecule has 86 valence electrons. The molecule has 2 rings (SSSR count).